The third kappa shape index (κ3) is 10.7. The molecule has 1 aromatic carbocycles. The van der Waals surface area contributed by atoms with Gasteiger partial charge in [0, 0.05) is 21.1 Å². The molecule has 138 valence electrons. The number of aldehydes is 1. The van der Waals surface area contributed by atoms with Gasteiger partial charge in [0.1, 0.15) is 11.9 Å². The van der Waals surface area contributed by atoms with Crippen molar-refractivity contribution >= 4 is 30.1 Å². The zero-order chi connectivity index (χ0) is 19.5. The van der Waals surface area contributed by atoms with E-state index in [1.165, 1.54) is 19.1 Å². The van der Waals surface area contributed by atoms with Gasteiger partial charge in [-0.2, -0.15) is 0 Å². The molecule has 1 amide bonds. The quantitative estimate of drug-likeness (QED) is 0.387. The fourth-order valence-electron chi connectivity index (χ4n) is 1.56. The second-order valence-corrected chi connectivity index (χ2v) is 5.88. The van der Waals surface area contributed by atoms with E-state index < -0.39 is 17.7 Å². The molecule has 0 fully saturated rings. The SMILES string of the molecule is CC(=O)Oc1ccc(/C=C/C=O)cc1NC(=O)OC(C)(C)C.COC. The van der Waals surface area contributed by atoms with Crippen LogP contribution in [-0.4, -0.2) is 38.2 Å². The Balaban J connectivity index is 0.00000178. The Hall–Kier alpha value is -2.67. The summed E-state index contributed by atoms with van der Waals surface area (Å²) in [6.07, 6.45) is 2.85. The van der Waals surface area contributed by atoms with E-state index in [0.717, 1.165) is 0 Å². The first-order chi connectivity index (χ1) is 11.6. The van der Waals surface area contributed by atoms with Crippen molar-refractivity contribution in [3.8, 4) is 5.75 Å². The fraction of sp³-hybridized carbons (Fsp3) is 0.389. The molecule has 0 aliphatic heterocycles. The van der Waals surface area contributed by atoms with Crippen LogP contribution in [0.5, 0.6) is 5.75 Å². The van der Waals surface area contributed by atoms with Gasteiger partial charge in [-0.1, -0.05) is 12.1 Å². The van der Waals surface area contributed by atoms with Crippen LogP contribution in [0.1, 0.15) is 33.3 Å². The molecule has 0 atom stereocenters. The van der Waals surface area contributed by atoms with E-state index in [4.69, 9.17) is 9.47 Å². The zero-order valence-corrected chi connectivity index (χ0v) is 15.4. The van der Waals surface area contributed by atoms with Crippen LogP contribution >= 0.6 is 0 Å². The lowest BCUT2D eigenvalue weighted by Crippen LogP contribution is -2.27. The number of hydrogen-bond acceptors (Lipinski definition) is 6. The first-order valence-electron chi connectivity index (χ1n) is 7.47. The molecule has 25 heavy (non-hydrogen) atoms. The van der Waals surface area contributed by atoms with Crippen molar-refractivity contribution in [2.45, 2.75) is 33.3 Å². The minimum absolute atomic E-state index is 0.196. The molecule has 0 spiro atoms. The summed E-state index contributed by atoms with van der Waals surface area (Å²) in [7, 11) is 3.25. The van der Waals surface area contributed by atoms with Crippen LogP contribution in [0, 0.1) is 0 Å². The number of nitrogens with one attached hydrogen (secondary N) is 1. The lowest BCUT2D eigenvalue weighted by molar-refractivity contribution is -0.131. The van der Waals surface area contributed by atoms with Gasteiger partial charge in [0.25, 0.3) is 0 Å². The molecule has 1 rings (SSSR count). The van der Waals surface area contributed by atoms with Crippen molar-refractivity contribution in [2.24, 2.45) is 0 Å². The van der Waals surface area contributed by atoms with Crippen molar-refractivity contribution in [3.63, 3.8) is 0 Å². The summed E-state index contributed by atoms with van der Waals surface area (Å²) in [5.41, 5.74) is 0.285. The molecule has 0 aromatic heterocycles. The van der Waals surface area contributed by atoms with Crippen LogP contribution in [-0.2, 0) is 19.1 Å². The number of benzene rings is 1. The Bertz CT molecular complexity index is 616. The summed E-state index contributed by atoms with van der Waals surface area (Å²) in [6, 6.07) is 4.75. The Morgan fingerprint density at radius 2 is 1.76 bits per heavy atom. The molecule has 0 bridgehead atoms. The number of esters is 1. The summed E-state index contributed by atoms with van der Waals surface area (Å²) in [5, 5.41) is 2.53. The first-order valence-corrected chi connectivity index (χ1v) is 7.47. The summed E-state index contributed by atoms with van der Waals surface area (Å²) in [5.74, 6) is -0.315. The molecule has 0 aliphatic carbocycles. The molecule has 0 unspecified atom stereocenters. The molecular weight excluding hydrogens is 326 g/mol. The second kappa shape index (κ2) is 11.0. The third-order valence-electron chi connectivity index (χ3n) is 2.26. The number of carbonyl (C=O) groups is 3. The van der Waals surface area contributed by atoms with E-state index in [1.807, 2.05) is 0 Å². The highest BCUT2D eigenvalue weighted by atomic mass is 16.6. The molecule has 1 aromatic rings. The average molecular weight is 351 g/mol. The Morgan fingerprint density at radius 3 is 2.24 bits per heavy atom. The van der Waals surface area contributed by atoms with Gasteiger partial charge < -0.3 is 14.2 Å². The molecule has 0 saturated carbocycles. The Kier molecular flexibility index (Phi) is 9.81. The maximum Gasteiger partial charge on any atom is 0.412 e. The number of methoxy groups -OCH3 is 1. The van der Waals surface area contributed by atoms with E-state index in [0.29, 0.717) is 11.8 Å². The lowest BCUT2D eigenvalue weighted by Gasteiger charge is -2.20. The van der Waals surface area contributed by atoms with E-state index in [-0.39, 0.29) is 11.4 Å². The fourth-order valence-corrected chi connectivity index (χ4v) is 1.56. The van der Waals surface area contributed by atoms with Gasteiger partial charge >= 0.3 is 12.1 Å². The van der Waals surface area contributed by atoms with E-state index >= 15 is 0 Å². The maximum atomic E-state index is 11.8. The smallest absolute Gasteiger partial charge is 0.412 e. The van der Waals surface area contributed by atoms with Crippen molar-refractivity contribution in [3.05, 3.63) is 29.8 Å². The third-order valence-corrected chi connectivity index (χ3v) is 2.26. The van der Waals surface area contributed by atoms with E-state index in [9.17, 15) is 14.4 Å². The van der Waals surface area contributed by atoms with Crippen molar-refractivity contribution in [1.29, 1.82) is 0 Å². The minimum atomic E-state index is -0.669. The van der Waals surface area contributed by atoms with Gasteiger partial charge in [-0.25, -0.2) is 4.79 Å². The molecule has 0 saturated heterocycles. The standard InChI is InChI=1S/C16H19NO5.C2H6O/c1-11(19)21-14-8-7-12(6-5-9-18)10-13(14)17-15(20)22-16(2,3)4;1-3-2/h5-10H,1-4H3,(H,17,20);1-2H3/b6-5+;. The molecule has 0 heterocycles. The maximum absolute atomic E-state index is 11.8. The number of ether oxygens (including phenoxy) is 3. The van der Waals surface area contributed by atoms with Gasteiger partial charge in [0.15, 0.2) is 5.75 Å². The topological polar surface area (TPSA) is 90.9 Å². The summed E-state index contributed by atoms with van der Waals surface area (Å²) in [6.45, 7) is 6.48. The van der Waals surface area contributed by atoms with E-state index in [2.05, 4.69) is 10.1 Å². The molecular formula is C18H25NO6. The monoisotopic (exact) mass is 351 g/mol. The predicted molar refractivity (Wildman–Crippen MR) is 95.6 cm³/mol. The van der Waals surface area contributed by atoms with E-state index in [1.54, 1.807) is 53.2 Å². The zero-order valence-electron chi connectivity index (χ0n) is 15.4. The van der Waals surface area contributed by atoms with Crippen LogP contribution in [0.3, 0.4) is 0 Å². The summed E-state index contributed by atoms with van der Waals surface area (Å²) >= 11 is 0. The molecule has 7 heteroatoms. The lowest BCUT2D eigenvalue weighted by atomic mass is 10.1. The Labute approximate surface area is 148 Å². The average Bonchev–Trinajstić information content (AvgIpc) is 2.45. The summed E-state index contributed by atoms with van der Waals surface area (Å²) < 4.78 is 14.4. The van der Waals surface area contributed by atoms with Gasteiger partial charge in [-0.15, -0.1) is 0 Å². The Morgan fingerprint density at radius 1 is 1.16 bits per heavy atom. The summed E-state index contributed by atoms with van der Waals surface area (Å²) in [4.78, 5) is 33.3. The number of hydrogen-bond donors (Lipinski definition) is 1. The highest BCUT2D eigenvalue weighted by Gasteiger charge is 2.18. The second-order valence-electron chi connectivity index (χ2n) is 5.88. The van der Waals surface area contributed by atoms with Crippen LogP contribution in [0.2, 0.25) is 0 Å². The molecule has 7 nitrogen and oxygen atoms in total. The van der Waals surface area contributed by atoms with Gasteiger partial charge in [0.05, 0.1) is 5.69 Å². The van der Waals surface area contributed by atoms with Crippen LogP contribution < -0.4 is 10.1 Å². The number of anilines is 1. The molecule has 0 aliphatic rings. The highest BCUT2D eigenvalue weighted by Crippen LogP contribution is 2.27. The van der Waals surface area contributed by atoms with Crippen LogP contribution in [0.15, 0.2) is 24.3 Å². The molecule has 0 radical (unpaired) electrons. The molecule has 1 N–H and O–H groups in total. The highest BCUT2D eigenvalue weighted by molar-refractivity contribution is 5.89. The van der Waals surface area contributed by atoms with Crippen molar-refractivity contribution in [1.82, 2.24) is 0 Å². The minimum Gasteiger partial charge on any atom is -0.444 e. The van der Waals surface area contributed by atoms with Crippen LogP contribution in [0.4, 0.5) is 10.5 Å². The van der Waals surface area contributed by atoms with Gasteiger partial charge in [0.2, 0.25) is 0 Å². The number of allylic oxidation sites excluding steroid dienone is 1. The number of carbonyl (C=O) groups excluding carboxylic acids is 3. The largest absolute Gasteiger partial charge is 0.444 e. The normalized spacial score (nSPS) is 10.5. The number of rotatable bonds is 4. The van der Waals surface area contributed by atoms with Gasteiger partial charge in [-0.05, 0) is 44.5 Å². The van der Waals surface area contributed by atoms with Crippen LogP contribution in [0.25, 0.3) is 6.08 Å². The predicted octanol–water partition coefficient (Wildman–Crippen LogP) is 3.43. The van der Waals surface area contributed by atoms with Crippen molar-refractivity contribution in [2.75, 3.05) is 19.5 Å². The van der Waals surface area contributed by atoms with Crippen molar-refractivity contribution < 1.29 is 28.6 Å². The number of amides is 1. The first kappa shape index (κ1) is 22.3. The van der Waals surface area contributed by atoms with Gasteiger partial charge in [-0.3, -0.25) is 14.9 Å².